The average Bonchev–Trinajstić information content (AvgIpc) is 2.71. The number of rotatable bonds is 4. The highest BCUT2D eigenvalue weighted by Crippen LogP contribution is 2.23. The summed E-state index contributed by atoms with van der Waals surface area (Å²) in [6.07, 6.45) is 0. The van der Waals surface area contributed by atoms with Gasteiger partial charge in [-0.25, -0.2) is 0 Å². The Balaban J connectivity index is 2.10. The molecule has 0 spiro atoms. The van der Waals surface area contributed by atoms with Gasteiger partial charge in [-0.1, -0.05) is 22.9 Å². The Kier molecular flexibility index (Phi) is 4.00. The second kappa shape index (κ2) is 5.53. The van der Waals surface area contributed by atoms with Crippen molar-refractivity contribution < 1.29 is 4.52 Å². The molecule has 4 nitrogen and oxygen atoms in total. The van der Waals surface area contributed by atoms with Crippen molar-refractivity contribution in [2.24, 2.45) is 0 Å². The molecule has 0 bridgehead atoms. The van der Waals surface area contributed by atoms with E-state index in [4.69, 9.17) is 4.52 Å². The van der Waals surface area contributed by atoms with Gasteiger partial charge in [-0.3, -0.25) is 0 Å². The summed E-state index contributed by atoms with van der Waals surface area (Å²) in [5.74, 6) is 1.30. The van der Waals surface area contributed by atoms with Gasteiger partial charge in [-0.15, -0.1) is 0 Å². The predicted octanol–water partition coefficient (Wildman–Crippen LogP) is 3.15. The lowest BCUT2D eigenvalue weighted by molar-refractivity contribution is 0.357. The average molecular weight is 259 g/mol. The molecule has 0 aliphatic heterocycles. The Morgan fingerprint density at radius 1 is 1.16 bits per heavy atom. The third-order valence-corrected chi connectivity index (χ3v) is 3.30. The quantitative estimate of drug-likeness (QED) is 0.916. The number of nitrogens with zero attached hydrogens (tertiary/aromatic N) is 2. The standard InChI is InChI=1S/C15H21N3O/c1-9-6-10(2)15(11(3)7-9)12(4)16-8-14-17-13(5)18-19-14/h6-7,12,16H,8H2,1-5H3. The van der Waals surface area contributed by atoms with Gasteiger partial charge >= 0.3 is 0 Å². The second-order valence-corrected chi connectivity index (χ2v) is 5.15. The second-order valence-electron chi connectivity index (χ2n) is 5.15. The molecule has 19 heavy (non-hydrogen) atoms. The Hall–Kier alpha value is -1.68. The van der Waals surface area contributed by atoms with E-state index in [-0.39, 0.29) is 6.04 Å². The van der Waals surface area contributed by atoms with Gasteiger partial charge in [-0.05, 0) is 51.3 Å². The van der Waals surface area contributed by atoms with Gasteiger partial charge in [0.1, 0.15) is 0 Å². The molecule has 2 rings (SSSR count). The van der Waals surface area contributed by atoms with Gasteiger partial charge in [-0.2, -0.15) is 4.98 Å². The number of hydrogen-bond donors (Lipinski definition) is 1. The molecule has 1 aromatic carbocycles. The zero-order valence-electron chi connectivity index (χ0n) is 12.2. The molecule has 0 aliphatic carbocycles. The minimum Gasteiger partial charge on any atom is -0.338 e. The number of hydrogen-bond acceptors (Lipinski definition) is 4. The van der Waals surface area contributed by atoms with Crippen LogP contribution in [0.25, 0.3) is 0 Å². The molecule has 102 valence electrons. The Labute approximate surface area is 114 Å². The van der Waals surface area contributed by atoms with E-state index in [1.807, 2.05) is 6.92 Å². The minimum atomic E-state index is 0.257. The van der Waals surface area contributed by atoms with Gasteiger partial charge in [0.2, 0.25) is 5.89 Å². The maximum Gasteiger partial charge on any atom is 0.240 e. The first kappa shape index (κ1) is 13.7. The van der Waals surface area contributed by atoms with Gasteiger partial charge < -0.3 is 9.84 Å². The molecular weight excluding hydrogens is 238 g/mol. The van der Waals surface area contributed by atoms with Gasteiger partial charge in [0.25, 0.3) is 0 Å². The summed E-state index contributed by atoms with van der Waals surface area (Å²) < 4.78 is 5.11. The molecule has 0 radical (unpaired) electrons. The molecule has 0 amide bonds. The Morgan fingerprint density at radius 3 is 2.32 bits per heavy atom. The third kappa shape index (κ3) is 3.20. The molecule has 1 unspecified atom stereocenters. The van der Waals surface area contributed by atoms with Crippen LogP contribution in [-0.2, 0) is 6.54 Å². The highest BCUT2D eigenvalue weighted by Gasteiger charge is 2.13. The van der Waals surface area contributed by atoms with Crippen LogP contribution in [0, 0.1) is 27.7 Å². The largest absolute Gasteiger partial charge is 0.338 e. The Morgan fingerprint density at radius 2 is 1.79 bits per heavy atom. The van der Waals surface area contributed by atoms with Crippen LogP contribution in [0.4, 0.5) is 0 Å². The number of nitrogens with one attached hydrogen (secondary N) is 1. The van der Waals surface area contributed by atoms with E-state index in [1.54, 1.807) is 0 Å². The normalized spacial score (nSPS) is 12.7. The van der Waals surface area contributed by atoms with Crippen LogP contribution < -0.4 is 5.32 Å². The maximum atomic E-state index is 5.11. The van der Waals surface area contributed by atoms with E-state index < -0.39 is 0 Å². The van der Waals surface area contributed by atoms with E-state index in [9.17, 15) is 0 Å². The number of aromatic nitrogens is 2. The molecule has 1 aromatic heterocycles. The topological polar surface area (TPSA) is 51.0 Å². The van der Waals surface area contributed by atoms with E-state index in [0.29, 0.717) is 18.3 Å². The van der Waals surface area contributed by atoms with E-state index in [1.165, 1.54) is 22.3 Å². The van der Waals surface area contributed by atoms with Crippen LogP contribution in [0.1, 0.15) is 46.9 Å². The zero-order chi connectivity index (χ0) is 14.0. The molecule has 0 saturated carbocycles. The summed E-state index contributed by atoms with van der Waals surface area (Å²) in [6, 6.07) is 4.70. The predicted molar refractivity (Wildman–Crippen MR) is 74.9 cm³/mol. The molecule has 0 fully saturated rings. The van der Waals surface area contributed by atoms with E-state index in [0.717, 1.165) is 0 Å². The van der Waals surface area contributed by atoms with Crippen molar-refractivity contribution in [1.82, 2.24) is 15.5 Å². The molecule has 0 saturated heterocycles. The molecule has 1 atom stereocenters. The van der Waals surface area contributed by atoms with E-state index in [2.05, 4.69) is 55.3 Å². The van der Waals surface area contributed by atoms with Gasteiger partial charge in [0.05, 0.1) is 6.54 Å². The summed E-state index contributed by atoms with van der Waals surface area (Å²) in [5, 5.41) is 7.22. The van der Waals surface area contributed by atoms with Crippen LogP contribution >= 0.6 is 0 Å². The first-order valence-corrected chi connectivity index (χ1v) is 6.57. The van der Waals surface area contributed by atoms with Crippen molar-refractivity contribution in [2.45, 2.75) is 47.2 Å². The maximum absolute atomic E-state index is 5.11. The fraction of sp³-hybridized carbons (Fsp3) is 0.467. The number of aryl methyl sites for hydroxylation is 4. The fourth-order valence-electron chi connectivity index (χ4n) is 2.63. The molecule has 4 heteroatoms. The fourth-order valence-corrected chi connectivity index (χ4v) is 2.63. The lowest BCUT2D eigenvalue weighted by atomic mass is 9.95. The molecule has 0 aliphatic rings. The van der Waals surface area contributed by atoms with Crippen LogP contribution in [-0.4, -0.2) is 10.1 Å². The van der Waals surface area contributed by atoms with Gasteiger partial charge in [0.15, 0.2) is 5.82 Å². The summed E-state index contributed by atoms with van der Waals surface area (Å²) >= 11 is 0. The van der Waals surface area contributed by atoms with Crippen LogP contribution in [0.3, 0.4) is 0 Å². The molecule has 1 heterocycles. The summed E-state index contributed by atoms with van der Waals surface area (Å²) in [4.78, 5) is 4.20. The highest BCUT2D eigenvalue weighted by molar-refractivity contribution is 5.39. The molecule has 1 N–H and O–H groups in total. The van der Waals surface area contributed by atoms with Crippen molar-refractivity contribution in [3.8, 4) is 0 Å². The SMILES string of the molecule is Cc1cc(C)c(C(C)NCc2nc(C)no2)c(C)c1. The first-order valence-electron chi connectivity index (χ1n) is 6.57. The summed E-state index contributed by atoms with van der Waals surface area (Å²) in [5.41, 5.74) is 5.29. The monoisotopic (exact) mass is 259 g/mol. The molecule has 2 aromatic rings. The van der Waals surface area contributed by atoms with Crippen molar-refractivity contribution in [3.05, 3.63) is 46.1 Å². The van der Waals surface area contributed by atoms with Crippen molar-refractivity contribution in [3.63, 3.8) is 0 Å². The zero-order valence-corrected chi connectivity index (χ0v) is 12.2. The van der Waals surface area contributed by atoms with Crippen LogP contribution in [0.2, 0.25) is 0 Å². The van der Waals surface area contributed by atoms with Gasteiger partial charge in [0, 0.05) is 6.04 Å². The smallest absolute Gasteiger partial charge is 0.240 e. The summed E-state index contributed by atoms with van der Waals surface area (Å²) in [7, 11) is 0. The summed E-state index contributed by atoms with van der Waals surface area (Å²) in [6.45, 7) is 11.0. The van der Waals surface area contributed by atoms with Crippen molar-refractivity contribution in [2.75, 3.05) is 0 Å². The third-order valence-electron chi connectivity index (χ3n) is 3.30. The molecular formula is C15H21N3O. The van der Waals surface area contributed by atoms with Crippen LogP contribution in [0.15, 0.2) is 16.7 Å². The first-order chi connectivity index (χ1) is 8.97. The van der Waals surface area contributed by atoms with Crippen LogP contribution in [0.5, 0.6) is 0 Å². The lowest BCUT2D eigenvalue weighted by Gasteiger charge is -2.19. The van der Waals surface area contributed by atoms with E-state index >= 15 is 0 Å². The van der Waals surface area contributed by atoms with Crippen molar-refractivity contribution in [1.29, 1.82) is 0 Å². The minimum absolute atomic E-state index is 0.257. The number of benzene rings is 1. The van der Waals surface area contributed by atoms with Crippen molar-refractivity contribution >= 4 is 0 Å². The lowest BCUT2D eigenvalue weighted by Crippen LogP contribution is -2.20. The highest BCUT2D eigenvalue weighted by atomic mass is 16.5. The Bertz CT molecular complexity index is 552.